The number of nitrogens with zero attached hydrogens (tertiary/aromatic N) is 4. The first-order valence-electron chi connectivity index (χ1n) is 5.00. The Labute approximate surface area is 113 Å². The van der Waals surface area contributed by atoms with E-state index in [2.05, 4.69) is 26.2 Å². The second-order valence-electron chi connectivity index (χ2n) is 3.86. The second kappa shape index (κ2) is 4.54. The molecular formula is C7H11BrN4O4S2. The van der Waals surface area contributed by atoms with Gasteiger partial charge in [0.15, 0.2) is 14.4 Å². The summed E-state index contributed by atoms with van der Waals surface area (Å²) in [5.41, 5.74) is 0. The van der Waals surface area contributed by atoms with Gasteiger partial charge in [0.05, 0.1) is 11.5 Å². The summed E-state index contributed by atoms with van der Waals surface area (Å²) in [6.45, 7) is -0.0788. The first-order valence-corrected chi connectivity index (χ1v) is 9.05. The fourth-order valence-corrected chi connectivity index (χ4v) is 5.56. The van der Waals surface area contributed by atoms with Crippen molar-refractivity contribution < 1.29 is 16.8 Å². The van der Waals surface area contributed by atoms with Gasteiger partial charge in [0.1, 0.15) is 0 Å². The molecule has 2 rings (SSSR count). The lowest BCUT2D eigenvalue weighted by Gasteiger charge is -2.25. The van der Waals surface area contributed by atoms with E-state index in [1.54, 1.807) is 0 Å². The van der Waals surface area contributed by atoms with Crippen LogP contribution >= 0.6 is 15.9 Å². The van der Waals surface area contributed by atoms with Gasteiger partial charge in [-0.15, -0.1) is 5.10 Å². The van der Waals surface area contributed by atoms with E-state index >= 15 is 0 Å². The minimum atomic E-state index is -3.77. The fourth-order valence-electron chi connectivity index (χ4n) is 1.65. The van der Waals surface area contributed by atoms with E-state index in [0.29, 0.717) is 0 Å². The van der Waals surface area contributed by atoms with Gasteiger partial charge < -0.3 is 0 Å². The second-order valence-corrected chi connectivity index (χ2v) is 8.77. The molecule has 18 heavy (non-hydrogen) atoms. The number of hydrogen-bond acceptors (Lipinski definition) is 6. The Kier molecular flexibility index (Phi) is 3.51. The summed E-state index contributed by atoms with van der Waals surface area (Å²) in [5, 5.41) is 7.15. The molecule has 0 radical (unpaired) electrons. The number of hydrogen-bond donors (Lipinski definition) is 0. The lowest BCUT2D eigenvalue weighted by molar-refractivity contribution is 0.424. The standard InChI is InChI=1S/C7H11BrN4O4S2/c1-11-7(6(8)9-10-11)18(15,16)12-2-4-17(13,14)5-3-12/h2-5H2,1H3. The molecule has 0 saturated carbocycles. The minimum Gasteiger partial charge on any atom is -0.235 e. The maximum atomic E-state index is 12.3. The highest BCUT2D eigenvalue weighted by Gasteiger charge is 2.35. The zero-order valence-electron chi connectivity index (χ0n) is 9.44. The normalized spacial score (nSPS) is 21.0. The van der Waals surface area contributed by atoms with Crippen LogP contribution in [0, 0.1) is 0 Å². The number of sulfone groups is 1. The smallest absolute Gasteiger partial charge is 0.235 e. The molecule has 2 heterocycles. The summed E-state index contributed by atoms with van der Waals surface area (Å²) in [5.74, 6) is -0.315. The molecule has 0 bridgehead atoms. The van der Waals surface area contributed by atoms with Crippen LogP contribution in [-0.4, -0.2) is 60.7 Å². The molecule has 8 nitrogen and oxygen atoms in total. The van der Waals surface area contributed by atoms with E-state index < -0.39 is 19.9 Å². The van der Waals surface area contributed by atoms with Crippen LogP contribution in [0.25, 0.3) is 0 Å². The highest BCUT2D eigenvalue weighted by atomic mass is 79.9. The molecule has 1 fully saturated rings. The third-order valence-electron chi connectivity index (χ3n) is 2.62. The summed E-state index contributed by atoms with van der Waals surface area (Å²) < 4.78 is 49.6. The fraction of sp³-hybridized carbons (Fsp3) is 0.714. The first kappa shape index (κ1) is 13.9. The van der Waals surface area contributed by atoms with Crippen LogP contribution in [0.3, 0.4) is 0 Å². The number of aromatic nitrogens is 3. The summed E-state index contributed by atoms with van der Waals surface area (Å²) in [7, 11) is -5.43. The molecule has 1 aromatic heterocycles. The molecule has 1 saturated heterocycles. The average molecular weight is 359 g/mol. The van der Waals surface area contributed by atoms with Gasteiger partial charge in [-0.3, -0.25) is 0 Å². The van der Waals surface area contributed by atoms with Crippen LogP contribution in [0.4, 0.5) is 0 Å². The van der Waals surface area contributed by atoms with E-state index in [1.807, 2.05) is 0 Å². The highest BCUT2D eigenvalue weighted by molar-refractivity contribution is 9.10. The molecule has 0 unspecified atom stereocenters. The molecule has 102 valence electrons. The predicted molar refractivity (Wildman–Crippen MR) is 66.1 cm³/mol. The van der Waals surface area contributed by atoms with Gasteiger partial charge in [0, 0.05) is 20.1 Å². The van der Waals surface area contributed by atoms with E-state index in [-0.39, 0.29) is 34.2 Å². The highest BCUT2D eigenvalue weighted by Crippen LogP contribution is 2.23. The van der Waals surface area contributed by atoms with Crippen molar-refractivity contribution >= 4 is 35.8 Å². The molecule has 0 N–H and O–H groups in total. The van der Waals surface area contributed by atoms with Crippen LogP contribution in [0.15, 0.2) is 9.63 Å². The van der Waals surface area contributed by atoms with Crippen molar-refractivity contribution in [1.82, 2.24) is 19.3 Å². The minimum absolute atomic E-state index is 0.0394. The molecule has 1 aliphatic rings. The van der Waals surface area contributed by atoms with Gasteiger partial charge in [0.25, 0.3) is 10.0 Å². The molecule has 1 aromatic rings. The van der Waals surface area contributed by atoms with Gasteiger partial charge in [0.2, 0.25) is 5.03 Å². The van der Waals surface area contributed by atoms with Crippen molar-refractivity contribution in [2.75, 3.05) is 24.6 Å². The number of aryl methyl sites for hydroxylation is 1. The van der Waals surface area contributed by atoms with Crippen LogP contribution in [0.2, 0.25) is 0 Å². The zero-order chi connectivity index (χ0) is 13.6. The molecule has 0 spiro atoms. The van der Waals surface area contributed by atoms with Crippen molar-refractivity contribution in [3.8, 4) is 0 Å². The Morgan fingerprint density at radius 1 is 1.28 bits per heavy atom. The van der Waals surface area contributed by atoms with Gasteiger partial charge in [-0.1, -0.05) is 5.21 Å². The number of halogens is 1. The van der Waals surface area contributed by atoms with Crippen molar-refractivity contribution in [1.29, 1.82) is 0 Å². The van der Waals surface area contributed by atoms with E-state index in [1.165, 1.54) is 7.05 Å². The summed E-state index contributed by atoms with van der Waals surface area (Å²) in [4.78, 5) is 0. The maximum absolute atomic E-state index is 12.3. The van der Waals surface area contributed by atoms with Crippen molar-refractivity contribution in [3.63, 3.8) is 0 Å². The molecule has 11 heteroatoms. The SMILES string of the molecule is Cn1nnc(Br)c1S(=O)(=O)N1CCS(=O)(=O)CC1. The Morgan fingerprint density at radius 2 is 1.83 bits per heavy atom. The number of rotatable bonds is 2. The van der Waals surface area contributed by atoms with Gasteiger partial charge >= 0.3 is 0 Å². The van der Waals surface area contributed by atoms with E-state index in [4.69, 9.17) is 0 Å². The van der Waals surface area contributed by atoms with Crippen LogP contribution in [0.1, 0.15) is 0 Å². The zero-order valence-corrected chi connectivity index (χ0v) is 12.7. The lowest BCUT2D eigenvalue weighted by atomic mass is 10.6. The van der Waals surface area contributed by atoms with Crippen molar-refractivity contribution in [3.05, 3.63) is 4.60 Å². The molecule has 0 amide bonds. The van der Waals surface area contributed by atoms with Gasteiger partial charge in [-0.05, 0) is 15.9 Å². The molecule has 0 aliphatic carbocycles. The topological polar surface area (TPSA) is 102 Å². The summed E-state index contributed by atoms with van der Waals surface area (Å²) in [6, 6.07) is 0. The van der Waals surface area contributed by atoms with E-state index in [0.717, 1.165) is 8.99 Å². The number of sulfonamides is 1. The third-order valence-corrected chi connectivity index (χ3v) is 7.02. The Bertz CT molecular complexity index is 632. The average Bonchev–Trinajstić information content (AvgIpc) is 2.58. The van der Waals surface area contributed by atoms with Gasteiger partial charge in [-0.2, -0.15) is 4.31 Å². The monoisotopic (exact) mass is 358 g/mol. The van der Waals surface area contributed by atoms with Crippen molar-refractivity contribution in [2.24, 2.45) is 7.05 Å². The van der Waals surface area contributed by atoms with Crippen LogP contribution < -0.4 is 0 Å². The van der Waals surface area contributed by atoms with Crippen LogP contribution in [-0.2, 0) is 26.9 Å². The Balaban J connectivity index is 2.34. The Morgan fingerprint density at radius 3 is 2.28 bits per heavy atom. The molecule has 0 atom stereocenters. The molecule has 0 aromatic carbocycles. The Hall–Kier alpha value is -0.520. The summed E-state index contributed by atoms with van der Waals surface area (Å²) in [6.07, 6.45) is 0. The van der Waals surface area contributed by atoms with Crippen molar-refractivity contribution in [2.45, 2.75) is 5.03 Å². The largest absolute Gasteiger partial charge is 0.263 e. The van der Waals surface area contributed by atoms with Gasteiger partial charge in [-0.25, -0.2) is 21.5 Å². The van der Waals surface area contributed by atoms with E-state index in [9.17, 15) is 16.8 Å². The third kappa shape index (κ3) is 2.44. The first-order chi connectivity index (χ1) is 8.24. The van der Waals surface area contributed by atoms with Crippen LogP contribution in [0.5, 0.6) is 0 Å². The molecular weight excluding hydrogens is 348 g/mol. The lowest BCUT2D eigenvalue weighted by Crippen LogP contribution is -2.44. The predicted octanol–water partition coefficient (Wildman–Crippen LogP) is -1.00. The summed E-state index contributed by atoms with van der Waals surface area (Å²) >= 11 is 3.02. The quantitative estimate of drug-likeness (QED) is 0.671. The maximum Gasteiger partial charge on any atom is 0.263 e. The molecule has 1 aliphatic heterocycles.